The van der Waals surface area contributed by atoms with Gasteiger partial charge in [-0.25, -0.2) is 9.59 Å². The lowest BCUT2D eigenvalue weighted by Crippen LogP contribution is -2.43. The van der Waals surface area contributed by atoms with Gasteiger partial charge < -0.3 is 14.8 Å². The predicted octanol–water partition coefficient (Wildman–Crippen LogP) is 3.72. The van der Waals surface area contributed by atoms with Crippen LogP contribution >= 0.6 is 0 Å². The molecule has 1 unspecified atom stereocenters. The molecule has 0 heterocycles. The average molecular weight is 355 g/mol. The van der Waals surface area contributed by atoms with Gasteiger partial charge in [-0.2, -0.15) is 0 Å². The summed E-state index contributed by atoms with van der Waals surface area (Å²) in [5.41, 5.74) is 1.82. The number of amides is 1. The van der Waals surface area contributed by atoms with E-state index in [2.05, 4.69) is 5.32 Å². The minimum Gasteiger partial charge on any atom is -0.459 e. The maximum atomic E-state index is 12.5. The highest BCUT2D eigenvalue weighted by Crippen LogP contribution is 2.08. The van der Waals surface area contributed by atoms with E-state index in [4.69, 9.17) is 9.47 Å². The van der Waals surface area contributed by atoms with Crippen LogP contribution in [0.15, 0.2) is 60.7 Å². The van der Waals surface area contributed by atoms with Crippen molar-refractivity contribution in [3.8, 4) is 0 Å². The van der Waals surface area contributed by atoms with Gasteiger partial charge in [0.1, 0.15) is 12.6 Å². The number of ether oxygens (including phenoxy) is 2. The number of carbonyl (C=O) groups excluding carboxylic acids is 2. The molecule has 0 aromatic heterocycles. The van der Waals surface area contributed by atoms with E-state index in [1.54, 1.807) is 0 Å². The first-order valence-electron chi connectivity index (χ1n) is 8.72. The van der Waals surface area contributed by atoms with E-state index in [1.165, 1.54) is 0 Å². The molecule has 5 nitrogen and oxygen atoms in total. The molecule has 0 saturated heterocycles. The molecule has 0 aliphatic rings. The monoisotopic (exact) mass is 355 g/mol. The van der Waals surface area contributed by atoms with E-state index >= 15 is 0 Å². The molecule has 5 heteroatoms. The number of hydrogen-bond acceptors (Lipinski definition) is 4. The molecule has 0 spiro atoms. The molecule has 1 atom stereocenters. The Morgan fingerprint density at radius 2 is 1.46 bits per heavy atom. The fourth-order valence-corrected chi connectivity index (χ4v) is 2.30. The lowest BCUT2D eigenvalue weighted by atomic mass is 10.1. The molecule has 0 radical (unpaired) electrons. The van der Waals surface area contributed by atoms with Gasteiger partial charge in [-0.1, -0.05) is 74.5 Å². The quantitative estimate of drug-likeness (QED) is 0.733. The van der Waals surface area contributed by atoms with Gasteiger partial charge in [-0.3, -0.25) is 0 Å². The van der Waals surface area contributed by atoms with Gasteiger partial charge in [-0.15, -0.1) is 0 Å². The third-order valence-corrected chi connectivity index (χ3v) is 3.63. The zero-order chi connectivity index (χ0) is 18.8. The Bertz CT molecular complexity index is 686. The summed E-state index contributed by atoms with van der Waals surface area (Å²) in [4.78, 5) is 24.5. The standard InChI is InChI=1S/C21H25NO4/c1-16(2)14-26-21(24)22-19(13-17-9-5-3-6-10-17)20(23)25-15-18-11-7-4-8-12-18/h3-12,16,19H,13-15H2,1-2H3,(H,22,24). The van der Waals surface area contributed by atoms with Crippen LogP contribution in [-0.2, 0) is 27.3 Å². The summed E-state index contributed by atoms with van der Waals surface area (Å²) < 4.78 is 10.5. The Hall–Kier alpha value is -2.82. The van der Waals surface area contributed by atoms with Crippen LogP contribution in [0.1, 0.15) is 25.0 Å². The predicted molar refractivity (Wildman–Crippen MR) is 99.5 cm³/mol. The third kappa shape index (κ3) is 6.97. The molecule has 2 aromatic rings. The van der Waals surface area contributed by atoms with Crippen molar-refractivity contribution in [2.75, 3.05) is 6.61 Å². The highest BCUT2D eigenvalue weighted by atomic mass is 16.6. The van der Waals surface area contributed by atoms with Gasteiger partial charge >= 0.3 is 12.1 Å². The number of carbonyl (C=O) groups is 2. The number of esters is 1. The molecule has 0 bridgehead atoms. The van der Waals surface area contributed by atoms with Crippen molar-refractivity contribution >= 4 is 12.1 Å². The number of alkyl carbamates (subject to hydrolysis) is 1. The lowest BCUT2D eigenvalue weighted by Gasteiger charge is -2.18. The molecule has 0 aliphatic carbocycles. The molecule has 0 fully saturated rings. The Kier molecular flexibility index (Phi) is 7.68. The van der Waals surface area contributed by atoms with Crippen LogP contribution in [0.4, 0.5) is 4.79 Å². The van der Waals surface area contributed by atoms with Crippen molar-refractivity contribution in [1.82, 2.24) is 5.32 Å². The van der Waals surface area contributed by atoms with E-state index in [9.17, 15) is 9.59 Å². The zero-order valence-electron chi connectivity index (χ0n) is 15.2. The topological polar surface area (TPSA) is 64.6 Å². The van der Waals surface area contributed by atoms with Crippen LogP contribution in [0.5, 0.6) is 0 Å². The first-order chi connectivity index (χ1) is 12.5. The van der Waals surface area contributed by atoms with Crippen LogP contribution in [0.3, 0.4) is 0 Å². The van der Waals surface area contributed by atoms with Crippen molar-refractivity contribution in [1.29, 1.82) is 0 Å². The zero-order valence-corrected chi connectivity index (χ0v) is 15.2. The summed E-state index contributed by atoms with van der Waals surface area (Å²) >= 11 is 0. The number of nitrogens with one attached hydrogen (secondary N) is 1. The Morgan fingerprint density at radius 3 is 2.04 bits per heavy atom. The van der Waals surface area contributed by atoms with Gasteiger partial charge in [0.25, 0.3) is 0 Å². The molecule has 1 N–H and O–H groups in total. The molecule has 138 valence electrons. The summed E-state index contributed by atoms with van der Waals surface area (Å²) in [6, 6.07) is 18.1. The van der Waals surface area contributed by atoms with Crippen LogP contribution in [-0.4, -0.2) is 24.7 Å². The van der Waals surface area contributed by atoms with Crippen molar-refractivity contribution in [2.24, 2.45) is 5.92 Å². The van der Waals surface area contributed by atoms with E-state index in [0.717, 1.165) is 11.1 Å². The van der Waals surface area contributed by atoms with Gasteiger partial charge in [0.05, 0.1) is 6.61 Å². The van der Waals surface area contributed by atoms with Crippen molar-refractivity contribution < 1.29 is 19.1 Å². The summed E-state index contributed by atoms with van der Waals surface area (Å²) in [5, 5.41) is 2.62. The van der Waals surface area contributed by atoms with Gasteiger partial charge in [-0.05, 0) is 17.0 Å². The van der Waals surface area contributed by atoms with Gasteiger partial charge in [0, 0.05) is 6.42 Å². The SMILES string of the molecule is CC(C)COC(=O)NC(Cc1ccccc1)C(=O)OCc1ccccc1. The molecule has 1 amide bonds. The van der Waals surface area contributed by atoms with Crippen molar-refractivity contribution in [3.63, 3.8) is 0 Å². The molecule has 0 aliphatic heterocycles. The Morgan fingerprint density at radius 1 is 0.885 bits per heavy atom. The maximum absolute atomic E-state index is 12.5. The molecular weight excluding hydrogens is 330 g/mol. The second-order valence-electron chi connectivity index (χ2n) is 6.47. The first kappa shape index (κ1) is 19.5. The third-order valence-electron chi connectivity index (χ3n) is 3.63. The average Bonchev–Trinajstić information content (AvgIpc) is 2.65. The van der Waals surface area contributed by atoms with E-state index in [0.29, 0.717) is 13.0 Å². The molecule has 26 heavy (non-hydrogen) atoms. The summed E-state index contributed by atoms with van der Waals surface area (Å²) in [7, 11) is 0. The van der Waals surface area contributed by atoms with Crippen molar-refractivity contribution in [2.45, 2.75) is 32.9 Å². The fraction of sp³-hybridized carbons (Fsp3) is 0.333. The van der Waals surface area contributed by atoms with Crippen molar-refractivity contribution in [3.05, 3.63) is 71.8 Å². The number of benzene rings is 2. The fourth-order valence-electron chi connectivity index (χ4n) is 2.30. The van der Waals surface area contributed by atoms with E-state index < -0.39 is 18.1 Å². The van der Waals surface area contributed by atoms with E-state index in [1.807, 2.05) is 74.5 Å². The normalized spacial score (nSPS) is 11.7. The number of rotatable bonds is 8. The maximum Gasteiger partial charge on any atom is 0.407 e. The lowest BCUT2D eigenvalue weighted by molar-refractivity contribution is -0.147. The minimum absolute atomic E-state index is 0.160. The highest BCUT2D eigenvalue weighted by molar-refractivity contribution is 5.81. The van der Waals surface area contributed by atoms with Crippen LogP contribution in [0, 0.1) is 5.92 Å². The van der Waals surface area contributed by atoms with Gasteiger partial charge in [0.2, 0.25) is 0 Å². The second kappa shape index (κ2) is 10.2. The Balaban J connectivity index is 1.98. The van der Waals surface area contributed by atoms with Crippen LogP contribution in [0.2, 0.25) is 0 Å². The first-order valence-corrected chi connectivity index (χ1v) is 8.72. The minimum atomic E-state index is -0.805. The van der Waals surface area contributed by atoms with Crippen LogP contribution in [0.25, 0.3) is 0 Å². The summed E-state index contributed by atoms with van der Waals surface area (Å²) in [5.74, 6) is -0.266. The second-order valence-corrected chi connectivity index (χ2v) is 6.47. The van der Waals surface area contributed by atoms with Crippen LogP contribution < -0.4 is 5.32 Å². The molecule has 2 rings (SSSR count). The highest BCUT2D eigenvalue weighted by Gasteiger charge is 2.23. The molecule has 0 saturated carbocycles. The largest absolute Gasteiger partial charge is 0.459 e. The smallest absolute Gasteiger partial charge is 0.407 e. The molecule has 2 aromatic carbocycles. The summed E-state index contributed by atoms with van der Waals surface area (Å²) in [6.07, 6.45) is -0.276. The molecular formula is C21H25NO4. The number of hydrogen-bond donors (Lipinski definition) is 1. The summed E-state index contributed by atoms with van der Waals surface area (Å²) in [6.45, 7) is 4.35. The Labute approximate surface area is 154 Å². The van der Waals surface area contributed by atoms with E-state index in [-0.39, 0.29) is 12.5 Å². The van der Waals surface area contributed by atoms with Gasteiger partial charge in [0.15, 0.2) is 0 Å².